The number of rotatable bonds is 8. The molecule has 12 heteroatoms. The minimum absolute atomic E-state index is 0.0406. The second-order valence-electron chi connectivity index (χ2n) is 7.45. The Morgan fingerprint density at radius 1 is 1.21 bits per heavy atom. The molecule has 0 aliphatic heterocycles. The number of benzene rings is 1. The zero-order valence-corrected chi connectivity index (χ0v) is 19.1. The van der Waals surface area contributed by atoms with E-state index >= 15 is 0 Å². The predicted octanol–water partition coefficient (Wildman–Crippen LogP) is 2.36. The summed E-state index contributed by atoms with van der Waals surface area (Å²) in [5.41, 5.74) is 0.446. The maximum atomic E-state index is 14.2. The Kier molecular flexibility index (Phi) is 7.19. The Labute approximate surface area is 190 Å². The largest absolute Gasteiger partial charge is 0.333 e. The van der Waals surface area contributed by atoms with Crippen molar-refractivity contribution in [3.05, 3.63) is 60.3 Å². The lowest BCUT2D eigenvalue weighted by Gasteiger charge is -2.15. The van der Waals surface area contributed by atoms with Crippen LogP contribution in [-0.2, 0) is 16.6 Å². The molecule has 0 spiro atoms. The average molecular weight is 475 g/mol. The molecule has 3 aromatic rings. The van der Waals surface area contributed by atoms with E-state index in [1.165, 1.54) is 36.3 Å². The van der Waals surface area contributed by atoms with E-state index in [9.17, 15) is 22.4 Å². The van der Waals surface area contributed by atoms with Crippen LogP contribution in [-0.4, -0.2) is 60.5 Å². The Hall–Kier alpha value is -3.64. The van der Waals surface area contributed by atoms with E-state index < -0.39 is 27.7 Å². The van der Waals surface area contributed by atoms with Crippen LogP contribution in [0, 0.1) is 5.82 Å². The van der Waals surface area contributed by atoms with Crippen molar-refractivity contribution in [2.24, 2.45) is 0 Å². The number of halogens is 1. The van der Waals surface area contributed by atoms with Crippen LogP contribution in [0.5, 0.6) is 0 Å². The fourth-order valence-electron chi connectivity index (χ4n) is 3.00. The van der Waals surface area contributed by atoms with Crippen molar-refractivity contribution < 1.29 is 22.4 Å². The number of pyridine rings is 1. The van der Waals surface area contributed by atoms with Gasteiger partial charge in [0.1, 0.15) is 5.82 Å². The van der Waals surface area contributed by atoms with Gasteiger partial charge in [0, 0.05) is 41.8 Å². The molecule has 0 saturated carbocycles. The number of carbonyl (C=O) groups excluding carboxylic acids is 2. The van der Waals surface area contributed by atoms with Crippen molar-refractivity contribution in [3.63, 3.8) is 0 Å². The number of amides is 2. The van der Waals surface area contributed by atoms with E-state index in [0.29, 0.717) is 18.7 Å². The first kappa shape index (κ1) is 24.0. The molecule has 0 unspecified atom stereocenters. The van der Waals surface area contributed by atoms with Crippen LogP contribution in [0.25, 0.3) is 11.1 Å². The van der Waals surface area contributed by atoms with Gasteiger partial charge in [0.15, 0.2) is 10.8 Å². The maximum absolute atomic E-state index is 14.2. The quantitative estimate of drug-likeness (QED) is 0.480. The number of hydrogen-bond acceptors (Lipinski definition) is 7. The number of nitrogens with one attached hydrogen (secondary N) is 2. The first-order chi connectivity index (χ1) is 15.6. The molecule has 2 heterocycles. The molecule has 174 valence electrons. The van der Waals surface area contributed by atoms with Crippen molar-refractivity contribution >= 4 is 27.5 Å². The number of likely N-dealkylation sites (N-methyl/N-ethyl adjacent to an activating group) is 1. The van der Waals surface area contributed by atoms with E-state index in [-0.39, 0.29) is 21.8 Å². The van der Waals surface area contributed by atoms with Gasteiger partial charge in [0.2, 0.25) is 0 Å². The third kappa shape index (κ3) is 5.99. The molecule has 0 aliphatic rings. The van der Waals surface area contributed by atoms with Crippen molar-refractivity contribution in [2.45, 2.75) is 18.5 Å². The minimum Gasteiger partial charge on any atom is -0.308 e. The summed E-state index contributed by atoms with van der Waals surface area (Å²) in [6.45, 7) is 2.31. The van der Waals surface area contributed by atoms with Gasteiger partial charge in [-0.05, 0) is 45.3 Å². The third-order valence-corrected chi connectivity index (χ3v) is 5.81. The number of Topliss-reactive ketones (excluding diaryl/α,β-unsaturated/α-hetero) is 1. The summed E-state index contributed by atoms with van der Waals surface area (Å²) in [7, 11) is -0.550. The summed E-state index contributed by atoms with van der Waals surface area (Å²) in [6, 6.07) is 5.46. The van der Waals surface area contributed by atoms with Crippen LogP contribution in [0.3, 0.4) is 0 Å². The van der Waals surface area contributed by atoms with Gasteiger partial charge in [-0.1, -0.05) is 6.07 Å². The normalized spacial score (nSPS) is 11.4. The van der Waals surface area contributed by atoms with Crippen molar-refractivity contribution in [1.29, 1.82) is 0 Å². The predicted molar refractivity (Wildman–Crippen MR) is 120 cm³/mol. The molecular weight excluding hydrogens is 451 g/mol. The fourth-order valence-corrected chi connectivity index (χ4v) is 3.85. The SMILES string of the molecule is CC(=O)c1cc(F)cc(-c2cccnc2)c1NC(=O)NS(=O)(=O)c1ccn(CCN(C)C)n1. The Morgan fingerprint density at radius 3 is 2.61 bits per heavy atom. The third-order valence-electron chi connectivity index (χ3n) is 4.59. The van der Waals surface area contributed by atoms with E-state index in [0.717, 1.165) is 12.1 Å². The van der Waals surface area contributed by atoms with Crippen LogP contribution < -0.4 is 10.0 Å². The Balaban J connectivity index is 1.87. The second-order valence-corrected chi connectivity index (χ2v) is 9.08. The van der Waals surface area contributed by atoms with Gasteiger partial charge in [-0.15, -0.1) is 0 Å². The Morgan fingerprint density at radius 2 is 1.97 bits per heavy atom. The van der Waals surface area contributed by atoms with E-state index in [1.54, 1.807) is 12.1 Å². The number of hydrogen-bond donors (Lipinski definition) is 2. The highest BCUT2D eigenvalue weighted by Crippen LogP contribution is 2.32. The topological polar surface area (TPSA) is 126 Å². The Bertz CT molecular complexity index is 1280. The molecule has 3 rings (SSSR count). The second kappa shape index (κ2) is 9.88. The van der Waals surface area contributed by atoms with Crippen LogP contribution in [0.15, 0.2) is 53.9 Å². The summed E-state index contributed by atoms with van der Waals surface area (Å²) in [6.07, 6.45) is 4.43. The number of sulfonamides is 1. The standard InChI is InChI=1S/C21H23FN6O4S/c1-14(29)17-11-16(22)12-18(15-5-4-7-23-13-15)20(17)24-21(30)26-33(31,32)19-6-8-28(25-19)10-9-27(2)3/h4-8,11-13H,9-10H2,1-3H3,(H2,24,26,30). The van der Waals surface area contributed by atoms with Crippen LogP contribution in [0.4, 0.5) is 14.9 Å². The van der Waals surface area contributed by atoms with Crippen LogP contribution in [0.1, 0.15) is 17.3 Å². The lowest BCUT2D eigenvalue weighted by molar-refractivity contribution is 0.101. The molecule has 33 heavy (non-hydrogen) atoms. The van der Waals surface area contributed by atoms with Gasteiger partial charge in [-0.25, -0.2) is 13.9 Å². The monoisotopic (exact) mass is 474 g/mol. The first-order valence-electron chi connectivity index (χ1n) is 9.83. The zero-order valence-electron chi connectivity index (χ0n) is 18.2. The van der Waals surface area contributed by atoms with Gasteiger partial charge in [-0.2, -0.15) is 13.5 Å². The number of aromatic nitrogens is 3. The summed E-state index contributed by atoms with van der Waals surface area (Å²) >= 11 is 0. The number of ketones is 1. The molecule has 0 radical (unpaired) electrons. The fraction of sp³-hybridized carbons (Fsp3) is 0.238. The molecule has 0 fully saturated rings. The average Bonchev–Trinajstić information content (AvgIpc) is 3.23. The van der Waals surface area contributed by atoms with Gasteiger partial charge >= 0.3 is 6.03 Å². The summed E-state index contributed by atoms with van der Waals surface area (Å²) in [4.78, 5) is 30.6. The summed E-state index contributed by atoms with van der Waals surface area (Å²) in [5, 5.41) is 6.02. The van der Waals surface area contributed by atoms with Crippen molar-refractivity contribution in [1.82, 2.24) is 24.4 Å². The molecule has 2 amide bonds. The minimum atomic E-state index is -4.30. The zero-order chi connectivity index (χ0) is 24.2. The molecule has 10 nitrogen and oxygen atoms in total. The van der Waals surface area contributed by atoms with E-state index in [4.69, 9.17) is 0 Å². The smallest absolute Gasteiger partial charge is 0.308 e. The lowest BCUT2D eigenvalue weighted by Crippen LogP contribution is -2.35. The summed E-state index contributed by atoms with van der Waals surface area (Å²) in [5.74, 6) is -1.21. The van der Waals surface area contributed by atoms with Gasteiger partial charge in [0.05, 0.1) is 12.2 Å². The molecule has 1 aromatic carbocycles. The molecule has 2 aromatic heterocycles. The maximum Gasteiger partial charge on any atom is 0.333 e. The number of carbonyl (C=O) groups is 2. The molecule has 0 aliphatic carbocycles. The first-order valence-corrected chi connectivity index (χ1v) is 11.3. The van der Waals surface area contributed by atoms with Crippen molar-refractivity contribution in [3.8, 4) is 11.1 Å². The van der Waals surface area contributed by atoms with Crippen molar-refractivity contribution in [2.75, 3.05) is 26.0 Å². The lowest BCUT2D eigenvalue weighted by atomic mass is 9.99. The van der Waals surface area contributed by atoms with E-state index in [2.05, 4.69) is 15.4 Å². The molecule has 0 saturated heterocycles. The highest BCUT2D eigenvalue weighted by molar-refractivity contribution is 7.90. The van der Waals surface area contributed by atoms with Gasteiger partial charge in [0.25, 0.3) is 10.0 Å². The number of anilines is 1. The highest BCUT2D eigenvalue weighted by Gasteiger charge is 2.23. The number of urea groups is 1. The molecule has 0 bridgehead atoms. The highest BCUT2D eigenvalue weighted by atomic mass is 32.2. The van der Waals surface area contributed by atoms with Crippen LogP contribution in [0.2, 0.25) is 0 Å². The van der Waals surface area contributed by atoms with Gasteiger partial charge in [-0.3, -0.25) is 14.5 Å². The summed E-state index contributed by atoms with van der Waals surface area (Å²) < 4.78 is 42.7. The van der Waals surface area contributed by atoms with Gasteiger partial charge < -0.3 is 10.2 Å². The van der Waals surface area contributed by atoms with Crippen LogP contribution >= 0.6 is 0 Å². The molecule has 2 N–H and O–H groups in total. The van der Waals surface area contributed by atoms with E-state index in [1.807, 2.05) is 23.7 Å². The molecular formula is C21H23FN6O4S. The number of nitrogens with zero attached hydrogens (tertiary/aromatic N) is 4. The molecule has 0 atom stereocenters.